The van der Waals surface area contributed by atoms with Crippen molar-refractivity contribution in [2.24, 2.45) is 0 Å². The van der Waals surface area contributed by atoms with Crippen molar-refractivity contribution in [2.45, 2.75) is 39.2 Å². The predicted octanol–water partition coefficient (Wildman–Crippen LogP) is 2.17. The van der Waals surface area contributed by atoms with Gasteiger partial charge < -0.3 is 15.4 Å². The number of nitrogens with zero attached hydrogens (tertiary/aromatic N) is 1. The number of methoxy groups -OCH3 is 1. The van der Waals surface area contributed by atoms with Gasteiger partial charge in [0.15, 0.2) is 0 Å². The van der Waals surface area contributed by atoms with E-state index in [-0.39, 0.29) is 24.4 Å². The quantitative estimate of drug-likeness (QED) is 0.644. The summed E-state index contributed by atoms with van der Waals surface area (Å²) in [5, 5.41) is 0. The van der Waals surface area contributed by atoms with Crippen LogP contribution < -0.4 is 5.73 Å². The molecule has 0 aliphatic heterocycles. The molecule has 0 bridgehead atoms. The van der Waals surface area contributed by atoms with Crippen LogP contribution in [0.25, 0.3) is 0 Å². The fraction of sp³-hybridized carbons (Fsp3) is 0.500. The lowest BCUT2D eigenvalue weighted by Crippen LogP contribution is -2.41. The first kappa shape index (κ1) is 17.0. The molecule has 1 rings (SSSR count). The van der Waals surface area contributed by atoms with Crippen molar-refractivity contribution in [1.29, 1.82) is 0 Å². The van der Waals surface area contributed by atoms with Gasteiger partial charge in [-0.15, -0.1) is 0 Å². The highest BCUT2D eigenvalue weighted by Gasteiger charge is 2.22. The molecule has 0 heterocycles. The fourth-order valence-corrected chi connectivity index (χ4v) is 2.08. The van der Waals surface area contributed by atoms with Gasteiger partial charge >= 0.3 is 5.97 Å². The molecule has 5 heteroatoms. The van der Waals surface area contributed by atoms with E-state index in [2.05, 4.69) is 4.74 Å². The van der Waals surface area contributed by atoms with Crippen molar-refractivity contribution in [1.82, 2.24) is 4.90 Å². The summed E-state index contributed by atoms with van der Waals surface area (Å²) in [6.07, 6.45) is 0.346. The standard InChI is InChI=1S/C16H24N2O3/c1-11(2)18(10-16(20)21-4)15(19)9-12(3)13-5-7-14(17)8-6-13/h5-8,11-12H,9-10,17H2,1-4H3. The number of anilines is 1. The third kappa shape index (κ3) is 5.10. The van der Waals surface area contributed by atoms with Gasteiger partial charge in [-0.1, -0.05) is 19.1 Å². The molecule has 1 amide bonds. The highest BCUT2D eigenvalue weighted by atomic mass is 16.5. The van der Waals surface area contributed by atoms with Crippen molar-refractivity contribution in [3.8, 4) is 0 Å². The minimum atomic E-state index is -0.405. The highest BCUT2D eigenvalue weighted by Crippen LogP contribution is 2.21. The number of ether oxygens (including phenoxy) is 1. The number of esters is 1. The molecule has 0 radical (unpaired) electrons. The largest absolute Gasteiger partial charge is 0.468 e. The molecule has 2 N–H and O–H groups in total. The van der Waals surface area contributed by atoms with E-state index in [0.717, 1.165) is 5.56 Å². The van der Waals surface area contributed by atoms with Crippen LogP contribution in [0.3, 0.4) is 0 Å². The summed E-state index contributed by atoms with van der Waals surface area (Å²) in [6, 6.07) is 7.45. The van der Waals surface area contributed by atoms with Crippen LogP contribution in [-0.4, -0.2) is 36.5 Å². The van der Waals surface area contributed by atoms with Crippen molar-refractivity contribution < 1.29 is 14.3 Å². The number of hydrogen-bond acceptors (Lipinski definition) is 4. The second kappa shape index (κ2) is 7.67. The van der Waals surface area contributed by atoms with E-state index in [0.29, 0.717) is 12.1 Å². The van der Waals surface area contributed by atoms with Crippen LogP contribution >= 0.6 is 0 Å². The third-order valence-corrected chi connectivity index (χ3v) is 3.46. The van der Waals surface area contributed by atoms with Gasteiger partial charge in [0.1, 0.15) is 6.54 Å². The molecule has 1 unspecified atom stereocenters. The van der Waals surface area contributed by atoms with E-state index >= 15 is 0 Å². The zero-order valence-corrected chi connectivity index (χ0v) is 13.1. The first-order chi connectivity index (χ1) is 9.85. The van der Waals surface area contributed by atoms with E-state index in [1.807, 2.05) is 45.0 Å². The average molecular weight is 292 g/mol. The number of hydrogen-bond donors (Lipinski definition) is 1. The molecule has 1 aromatic rings. The van der Waals surface area contributed by atoms with E-state index in [4.69, 9.17) is 5.73 Å². The summed E-state index contributed by atoms with van der Waals surface area (Å²) in [6.45, 7) is 5.74. The Balaban J connectivity index is 2.72. The minimum Gasteiger partial charge on any atom is -0.468 e. The van der Waals surface area contributed by atoms with Gasteiger partial charge in [0, 0.05) is 18.2 Å². The number of carbonyl (C=O) groups excluding carboxylic acids is 2. The lowest BCUT2D eigenvalue weighted by atomic mass is 9.96. The molecule has 0 aromatic heterocycles. The summed E-state index contributed by atoms with van der Waals surface area (Å²) in [4.78, 5) is 25.3. The minimum absolute atomic E-state index is 0.0124. The average Bonchev–Trinajstić information content (AvgIpc) is 2.44. The lowest BCUT2D eigenvalue weighted by molar-refractivity contribution is -0.148. The second-order valence-electron chi connectivity index (χ2n) is 5.46. The van der Waals surface area contributed by atoms with Gasteiger partial charge in [0.05, 0.1) is 7.11 Å². The smallest absolute Gasteiger partial charge is 0.325 e. The number of nitrogens with two attached hydrogens (primary N) is 1. The highest BCUT2D eigenvalue weighted by molar-refractivity contribution is 5.82. The molecule has 0 saturated heterocycles. The van der Waals surface area contributed by atoms with Gasteiger partial charge in [0.25, 0.3) is 0 Å². The number of nitrogen functional groups attached to an aromatic ring is 1. The Hall–Kier alpha value is -2.04. The Kier molecular flexibility index (Phi) is 6.21. The predicted molar refractivity (Wildman–Crippen MR) is 82.8 cm³/mol. The van der Waals surface area contributed by atoms with Crippen LogP contribution in [0.2, 0.25) is 0 Å². The molecular formula is C16H24N2O3. The number of benzene rings is 1. The maximum Gasteiger partial charge on any atom is 0.325 e. The van der Waals surface area contributed by atoms with E-state index < -0.39 is 5.97 Å². The molecule has 1 aromatic carbocycles. The van der Waals surface area contributed by atoms with Gasteiger partial charge in [-0.3, -0.25) is 9.59 Å². The molecule has 0 fully saturated rings. The molecule has 0 aliphatic carbocycles. The van der Waals surface area contributed by atoms with Gasteiger partial charge in [0.2, 0.25) is 5.91 Å². The summed E-state index contributed by atoms with van der Waals surface area (Å²) < 4.78 is 4.64. The van der Waals surface area contributed by atoms with Crippen molar-refractivity contribution >= 4 is 17.6 Å². The Bertz CT molecular complexity index is 483. The van der Waals surface area contributed by atoms with Crippen molar-refractivity contribution in [3.05, 3.63) is 29.8 Å². The monoisotopic (exact) mass is 292 g/mol. The summed E-state index contributed by atoms with van der Waals surface area (Å²) >= 11 is 0. The van der Waals surface area contributed by atoms with Crippen LogP contribution in [0.15, 0.2) is 24.3 Å². The molecule has 5 nitrogen and oxygen atoms in total. The fourth-order valence-electron chi connectivity index (χ4n) is 2.08. The van der Waals surface area contributed by atoms with Crippen LogP contribution in [0.4, 0.5) is 5.69 Å². The normalized spacial score (nSPS) is 12.0. The molecule has 0 aliphatic rings. The summed E-state index contributed by atoms with van der Waals surface area (Å²) in [7, 11) is 1.32. The molecule has 0 spiro atoms. The van der Waals surface area contributed by atoms with Gasteiger partial charge in [-0.2, -0.15) is 0 Å². The Labute approximate surface area is 126 Å². The first-order valence-corrected chi connectivity index (χ1v) is 7.06. The van der Waals surface area contributed by atoms with Gasteiger partial charge in [-0.05, 0) is 37.5 Å². The SMILES string of the molecule is COC(=O)CN(C(=O)CC(C)c1ccc(N)cc1)C(C)C. The van der Waals surface area contributed by atoms with E-state index in [1.54, 1.807) is 4.90 Å². The molecule has 0 saturated carbocycles. The first-order valence-electron chi connectivity index (χ1n) is 7.06. The Morgan fingerprint density at radius 1 is 1.19 bits per heavy atom. The lowest BCUT2D eigenvalue weighted by Gasteiger charge is -2.27. The number of carbonyl (C=O) groups is 2. The molecule has 1 atom stereocenters. The van der Waals surface area contributed by atoms with E-state index in [9.17, 15) is 9.59 Å². The summed E-state index contributed by atoms with van der Waals surface area (Å²) in [5.74, 6) is -0.395. The Morgan fingerprint density at radius 3 is 2.24 bits per heavy atom. The zero-order chi connectivity index (χ0) is 16.0. The Morgan fingerprint density at radius 2 is 1.76 bits per heavy atom. The molecular weight excluding hydrogens is 268 g/mol. The van der Waals surface area contributed by atoms with Gasteiger partial charge in [-0.25, -0.2) is 0 Å². The van der Waals surface area contributed by atoms with Crippen LogP contribution in [0, 0.1) is 0 Å². The topological polar surface area (TPSA) is 72.6 Å². The molecule has 21 heavy (non-hydrogen) atoms. The van der Waals surface area contributed by atoms with E-state index in [1.165, 1.54) is 7.11 Å². The number of rotatable bonds is 6. The number of amides is 1. The third-order valence-electron chi connectivity index (χ3n) is 3.46. The van der Waals surface area contributed by atoms with Crippen LogP contribution in [-0.2, 0) is 14.3 Å². The maximum atomic E-state index is 12.4. The summed E-state index contributed by atoms with van der Waals surface area (Å²) in [5.41, 5.74) is 7.42. The van der Waals surface area contributed by atoms with Crippen molar-refractivity contribution in [3.63, 3.8) is 0 Å². The van der Waals surface area contributed by atoms with Crippen molar-refractivity contribution in [2.75, 3.05) is 19.4 Å². The second-order valence-corrected chi connectivity index (χ2v) is 5.46. The van der Waals surface area contributed by atoms with Crippen LogP contribution in [0.1, 0.15) is 38.7 Å². The zero-order valence-electron chi connectivity index (χ0n) is 13.1. The molecule has 116 valence electrons. The maximum absolute atomic E-state index is 12.4. The van der Waals surface area contributed by atoms with Crippen LogP contribution in [0.5, 0.6) is 0 Å².